The largest absolute Gasteiger partial charge is 0.415 e. The van der Waals surface area contributed by atoms with Crippen LogP contribution in [0.3, 0.4) is 0 Å². The number of benzene rings is 1. The highest BCUT2D eigenvalue weighted by Gasteiger charge is 2.08. The van der Waals surface area contributed by atoms with Crippen LogP contribution in [0.2, 0.25) is 0 Å². The highest BCUT2D eigenvalue weighted by molar-refractivity contribution is 7.13. The Balaban J connectivity index is 1.56. The van der Waals surface area contributed by atoms with Gasteiger partial charge in [0.2, 0.25) is 0 Å². The third-order valence-electron chi connectivity index (χ3n) is 2.71. The van der Waals surface area contributed by atoms with Crippen molar-refractivity contribution in [2.24, 2.45) is 0 Å². The van der Waals surface area contributed by atoms with E-state index in [0.29, 0.717) is 0 Å². The van der Waals surface area contributed by atoms with Gasteiger partial charge in [0.15, 0.2) is 0 Å². The summed E-state index contributed by atoms with van der Waals surface area (Å²) < 4.78 is 4.93. The van der Waals surface area contributed by atoms with Crippen LogP contribution in [-0.4, -0.2) is 21.0 Å². The zero-order valence-corrected chi connectivity index (χ0v) is 12.3. The first-order valence-electron chi connectivity index (χ1n) is 6.54. The number of thiazole rings is 1. The minimum absolute atomic E-state index is 0.0169. The van der Waals surface area contributed by atoms with E-state index in [-0.39, 0.29) is 12.6 Å². The van der Waals surface area contributed by atoms with Crippen LogP contribution >= 0.6 is 11.3 Å². The third kappa shape index (κ3) is 3.64. The normalized spacial score (nSPS) is 10.2. The van der Waals surface area contributed by atoms with E-state index in [1.807, 2.05) is 35.7 Å². The highest BCUT2D eigenvalue weighted by Crippen LogP contribution is 2.23. The maximum Gasteiger partial charge on any atom is 0.415 e. The number of carbonyl (C=O) groups is 1. The van der Waals surface area contributed by atoms with Crippen LogP contribution in [-0.2, 0) is 6.54 Å². The summed E-state index contributed by atoms with van der Waals surface area (Å²) in [5.41, 5.74) is 1.83. The van der Waals surface area contributed by atoms with Gasteiger partial charge >= 0.3 is 12.1 Å². The number of rotatable bonds is 4. The minimum Gasteiger partial charge on any atom is -0.374 e. The fourth-order valence-electron chi connectivity index (χ4n) is 1.72. The van der Waals surface area contributed by atoms with Gasteiger partial charge in [-0.15, -0.1) is 11.3 Å². The number of aromatic nitrogens is 3. The van der Waals surface area contributed by atoms with Crippen molar-refractivity contribution in [3.8, 4) is 16.6 Å². The van der Waals surface area contributed by atoms with Gasteiger partial charge in [0.25, 0.3) is 0 Å². The molecule has 0 unspecified atom stereocenters. The summed E-state index contributed by atoms with van der Waals surface area (Å²) in [4.78, 5) is 23.7. The van der Waals surface area contributed by atoms with E-state index in [1.165, 1.54) is 23.7 Å². The molecule has 0 aliphatic rings. The van der Waals surface area contributed by atoms with Gasteiger partial charge in [0.05, 0.1) is 12.2 Å². The van der Waals surface area contributed by atoms with Crippen LogP contribution in [0.25, 0.3) is 10.6 Å². The Hall–Kier alpha value is -2.80. The molecule has 1 amide bonds. The fraction of sp³-hybridized carbons (Fsp3) is 0.0667. The molecule has 6 nitrogen and oxygen atoms in total. The van der Waals surface area contributed by atoms with E-state index in [1.54, 1.807) is 6.07 Å². The molecule has 0 bridgehead atoms. The maximum atomic E-state index is 11.6. The van der Waals surface area contributed by atoms with Gasteiger partial charge in [-0.25, -0.2) is 19.7 Å². The van der Waals surface area contributed by atoms with Crippen molar-refractivity contribution in [1.29, 1.82) is 0 Å². The maximum absolute atomic E-state index is 11.6. The summed E-state index contributed by atoms with van der Waals surface area (Å²) in [6, 6.07) is 11.5. The first-order valence-corrected chi connectivity index (χ1v) is 7.42. The Morgan fingerprint density at radius 2 is 1.91 bits per heavy atom. The SMILES string of the molecule is O=C(NCc1csc(-c2ccccc2)n1)Oc1ncccn1. The lowest BCUT2D eigenvalue weighted by Crippen LogP contribution is -2.27. The van der Waals surface area contributed by atoms with Crippen LogP contribution in [0, 0.1) is 0 Å². The molecule has 0 spiro atoms. The van der Waals surface area contributed by atoms with Gasteiger partial charge in [-0.2, -0.15) is 0 Å². The summed E-state index contributed by atoms with van der Waals surface area (Å²) in [6.07, 6.45) is 2.39. The molecule has 0 aliphatic carbocycles. The molecule has 22 heavy (non-hydrogen) atoms. The number of amides is 1. The topological polar surface area (TPSA) is 77.0 Å². The molecule has 2 heterocycles. The van der Waals surface area contributed by atoms with Crippen molar-refractivity contribution in [3.63, 3.8) is 0 Å². The Morgan fingerprint density at radius 3 is 2.68 bits per heavy atom. The van der Waals surface area contributed by atoms with Crippen molar-refractivity contribution >= 4 is 17.4 Å². The molecule has 3 aromatic rings. The fourth-order valence-corrected chi connectivity index (χ4v) is 2.55. The lowest BCUT2D eigenvalue weighted by Gasteiger charge is -2.02. The molecule has 0 saturated carbocycles. The predicted molar refractivity (Wildman–Crippen MR) is 82.4 cm³/mol. The summed E-state index contributed by atoms with van der Waals surface area (Å²) in [5, 5.41) is 5.43. The number of ether oxygens (including phenoxy) is 1. The number of carbonyl (C=O) groups excluding carboxylic acids is 1. The smallest absolute Gasteiger partial charge is 0.374 e. The van der Waals surface area contributed by atoms with Gasteiger partial charge in [0, 0.05) is 23.3 Å². The summed E-state index contributed by atoms with van der Waals surface area (Å²) >= 11 is 1.53. The van der Waals surface area contributed by atoms with Gasteiger partial charge < -0.3 is 10.1 Å². The first-order chi connectivity index (χ1) is 10.8. The summed E-state index contributed by atoms with van der Waals surface area (Å²) in [6.45, 7) is 0.287. The second-order valence-corrected chi connectivity index (χ2v) is 5.14. The molecule has 0 saturated heterocycles. The first kappa shape index (κ1) is 14.2. The van der Waals surface area contributed by atoms with E-state index >= 15 is 0 Å². The number of nitrogens with one attached hydrogen (secondary N) is 1. The second-order valence-electron chi connectivity index (χ2n) is 4.28. The average Bonchev–Trinajstić information content (AvgIpc) is 3.04. The third-order valence-corrected chi connectivity index (χ3v) is 3.65. The Labute approximate surface area is 130 Å². The lowest BCUT2D eigenvalue weighted by molar-refractivity contribution is 0.196. The number of hydrogen-bond donors (Lipinski definition) is 1. The Kier molecular flexibility index (Phi) is 4.35. The molecule has 1 N–H and O–H groups in total. The van der Waals surface area contributed by atoms with Gasteiger partial charge in [-0.1, -0.05) is 30.3 Å². The highest BCUT2D eigenvalue weighted by atomic mass is 32.1. The molecule has 0 radical (unpaired) electrons. The van der Waals surface area contributed by atoms with Gasteiger partial charge in [0.1, 0.15) is 5.01 Å². The van der Waals surface area contributed by atoms with Crippen molar-refractivity contribution in [2.75, 3.05) is 0 Å². The van der Waals surface area contributed by atoms with E-state index < -0.39 is 6.09 Å². The zero-order chi connectivity index (χ0) is 15.2. The Morgan fingerprint density at radius 1 is 1.14 bits per heavy atom. The van der Waals surface area contributed by atoms with E-state index in [4.69, 9.17) is 4.74 Å². The molecule has 0 fully saturated rings. The predicted octanol–water partition coefficient (Wildman–Crippen LogP) is 2.89. The lowest BCUT2D eigenvalue weighted by atomic mass is 10.2. The molecule has 0 aliphatic heterocycles. The summed E-state index contributed by atoms with van der Waals surface area (Å²) in [7, 11) is 0. The molecular weight excluding hydrogens is 300 g/mol. The van der Waals surface area contributed by atoms with Crippen molar-refractivity contribution in [1.82, 2.24) is 20.3 Å². The molecule has 110 valence electrons. The van der Waals surface area contributed by atoms with Crippen LogP contribution < -0.4 is 10.1 Å². The van der Waals surface area contributed by atoms with Crippen molar-refractivity contribution in [2.45, 2.75) is 6.54 Å². The minimum atomic E-state index is -0.611. The van der Waals surface area contributed by atoms with Crippen molar-refractivity contribution < 1.29 is 9.53 Å². The Bertz CT molecular complexity index is 747. The number of hydrogen-bond acceptors (Lipinski definition) is 6. The van der Waals surface area contributed by atoms with Crippen LogP contribution in [0.5, 0.6) is 6.01 Å². The quantitative estimate of drug-likeness (QED) is 0.801. The van der Waals surface area contributed by atoms with Gasteiger partial charge in [-0.3, -0.25) is 0 Å². The summed E-state index contributed by atoms with van der Waals surface area (Å²) in [5.74, 6) is 0. The van der Waals surface area contributed by atoms with E-state index in [9.17, 15) is 4.79 Å². The van der Waals surface area contributed by atoms with Gasteiger partial charge in [-0.05, 0) is 6.07 Å². The van der Waals surface area contributed by atoms with E-state index in [0.717, 1.165) is 16.3 Å². The molecule has 2 aromatic heterocycles. The van der Waals surface area contributed by atoms with E-state index in [2.05, 4.69) is 20.3 Å². The monoisotopic (exact) mass is 312 g/mol. The second kappa shape index (κ2) is 6.77. The zero-order valence-electron chi connectivity index (χ0n) is 11.5. The number of nitrogens with zero attached hydrogens (tertiary/aromatic N) is 3. The van der Waals surface area contributed by atoms with Crippen molar-refractivity contribution in [3.05, 3.63) is 59.9 Å². The molecule has 3 rings (SSSR count). The molecule has 0 atom stereocenters. The molecule has 1 aromatic carbocycles. The van der Waals surface area contributed by atoms with Crippen LogP contribution in [0.15, 0.2) is 54.2 Å². The van der Waals surface area contributed by atoms with Crippen LogP contribution in [0.1, 0.15) is 5.69 Å². The standard InChI is InChI=1S/C15H12N4O2S/c20-15(21-14-16-7-4-8-17-14)18-9-12-10-22-13(19-12)11-5-2-1-3-6-11/h1-8,10H,9H2,(H,18,20). The average molecular weight is 312 g/mol. The van der Waals surface area contributed by atoms with Crippen LogP contribution in [0.4, 0.5) is 4.79 Å². The molecule has 7 heteroatoms. The molecular formula is C15H12N4O2S.